The minimum absolute atomic E-state index is 0.0681. The topological polar surface area (TPSA) is 88.5 Å². The highest BCUT2D eigenvalue weighted by atomic mass is 19.1. The van der Waals surface area contributed by atoms with Crippen molar-refractivity contribution in [2.45, 2.75) is 31.3 Å². The molecule has 0 bridgehead atoms. The fourth-order valence-corrected chi connectivity index (χ4v) is 3.81. The lowest BCUT2D eigenvalue weighted by Gasteiger charge is -2.21. The summed E-state index contributed by atoms with van der Waals surface area (Å²) in [6.07, 6.45) is 2.55. The van der Waals surface area contributed by atoms with E-state index >= 15 is 0 Å². The second kappa shape index (κ2) is 6.25. The molecule has 3 N–H and O–H groups in total. The second-order valence-electron chi connectivity index (χ2n) is 7.18. The molecule has 4 rings (SSSR count). The predicted molar refractivity (Wildman–Crippen MR) is 96.8 cm³/mol. The van der Waals surface area contributed by atoms with Crippen LogP contribution in [0.2, 0.25) is 0 Å². The van der Waals surface area contributed by atoms with Gasteiger partial charge in [-0.05, 0) is 31.4 Å². The van der Waals surface area contributed by atoms with E-state index in [2.05, 4.69) is 9.83 Å². The molecule has 1 aromatic heterocycles. The van der Waals surface area contributed by atoms with Crippen molar-refractivity contribution in [3.05, 3.63) is 50.2 Å². The zero-order chi connectivity index (χ0) is 18.4. The molecule has 2 heterocycles. The first kappa shape index (κ1) is 16.8. The van der Waals surface area contributed by atoms with Crippen LogP contribution in [0.4, 0.5) is 10.1 Å². The van der Waals surface area contributed by atoms with Gasteiger partial charge in [0.1, 0.15) is 5.82 Å². The van der Waals surface area contributed by atoms with Gasteiger partial charge < -0.3 is 15.5 Å². The first-order valence-electron chi connectivity index (χ1n) is 8.81. The number of aromatic amines is 1. The quantitative estimate of drug-likeness (QED) is 0.806. The molecule has 2 aliphatic rings. The monoisotopic (exact) mass is 357 g/mol. The molecule has 2 aromatic rings. The summed E-state index contributed by atoms with van der Waals surface area (Å²) in [5.74, 6) is -0.354. The maximum Gasteiger partial charge on any atom is 0.329 e. The lowest BCUT2D eigenvalue weighted by Crippen LogP contribution is -2.35. The van der Waals surface area contributed by atoms with Crippen LogP contribution in [0.1, 0.15) is 25.3 Å². The van der Waals surface area contributed by atoms with Crippen LogP contribution in [-0.4, -0.2) is 35.2 Å². The van der Waals surface area contributed by atoms with Crippen molar-refractivity contribution in [1.29, 1.82) is 0 Å². The number of halogens is 1. The summed E-state index contributed by atoms with van der Waals surface area (Å²) in [4.78, 5) is 31.8. The molecule has 1 saturated carbocycles. The van der Waals surface area contributed by atoms with Gasteiger partial charge in [0.25, 0.3) is 5.56 Å². The standard InChI is InChI=1S/C18H20FN5O2/c1-21-8-14(20)10-4-5-23(9-10)16-7-15-12(6-13(16)19)17(25)22-18(26)24(15)11-2-3-11/h6-7,10-11,14H,2-5,8-9,20H2,(H,22,25,26). The van der Waals surface area contributed by atoms with E-state index in [-0.39, 0.29) is 29.9 Å². The Morgan fingerprint density at radius 1 is 1.35 bits per heavy atom. The number of aromatic nitrogens is 2. The van der Waals surface area contributed by atoms with Gasteiger partial charge in [-0.1, -0.05) is 0 Å². The number of fused-ring (bicyclic) bond motifs is 1. The Bertz CT molecular complexity index is 1020. The largest absolute Gasteiger partial charge is 0.369 e. The van der Waals surface area contributed by atoms with Gasteiger partial charge in [-0.25, -0.2) is 15.8 Å². The van der Waals surface area contributed by atoms with Crippen LogP contribution in [0, 0.1) is 18.3 Å². The number of hydrogen-bond donors (Lipinski definition) is 2. The Morgan fingerprint density at radius 3 is 2.81 bits per heavy atom. The SMILES string of the molecule is [C-]#[N+]CC(N)C1CCN(c2cc3c(cc2F)c(=O)[nH]c(=O)n3C2CC2)C1. The van der Waals surface area contributed by atoms with E-state index in [0.717, 1.165) is 19.3 Å². The lowest BCUT2D eigenvalue weighted by molar-refractivity contribution is 0.480. The van der Waals surface area contributed by atoms with Crippen molar-refractivity contribution in [2.24, 2.45) is 11.7 Å². The van der Waals surface area contributed by atoms with E-state index in [1.54, 1.807) is 10.6 Å². The molecule has 2 atom stereocenters. The first-order valence-corrected chi connectivity index (χ1v) is 8.81. The second-order valence-corrected chi connectivity index (χ2v) is 7.18. The Balaban J connectivity index is 1.76. The van der Waals surface area contributed by atoms with E-state index in [1.165, 1.54) is 6.07 Å². The number of nitrogens with two attached hydrogens (primary N) is 1. The van der Waals surface area contributed by atoms with Crippen molar-refractivity contribution in [3.8, 4) is 0 Å². The first-order chi connectivity index (χ1) is 12.5. The number of nitrogens with zero attached hydrogens (tertiary/aromatic N) is 3. The Morgan fingerprint density at radius 2 is 2.12 bits per heavy atom. The summed E-state index contributed by atoms with van der Waals surface area (Å²) in [6, 6.07) is 2.67. The van der Waals surface area contributed by atoms with Crippen LogP contribution in [0.15, 0.2) is 21.7 Å². The molecule has 8 heteroatoms. The van der Waals surface area contributed by atoms with Crippen molar-refractivity contribution < 1.29 is 4.39 Å². The van der Waals surface area contributed by atoms with Gasteiger partial charge >= 0.3 is 5.69 Å². The number of rotatable bonds is 4. The van der Waals surface area contributed by atoms with Crippen LogP contribution < -0.4 is 21.9 Å². The number of benzene rings is 1. The van der Waals surface area contributed by atoms with Crippen molar-refractivity contribution in [1.82, 2.24) is 9.55 Å². The fourth-order valence-electron chi connectivity index (χ4n) is 3.81. The van der Waals surface area contributed by atoms with Gasteiger partial charge in [0.2, 0.25) is 6.54 Å². The molecule has 26 heavy (non-hydrogen) atoms. The fraction of sp³-hybridized carbons (Fsp3) is 0.500. The third kappa shape index (κ3) is 2.78. The molecule has 0 radical (unpaired) electrons. The van der Waals surface area contributed by atoms with Gasteiger partial charge in [0, 0.05) is 25.0 Å². The van der Waals surface area contributed by atoms with Crippen molar-refractivity contribution in [3.63, 3.8) is 0 Å². The summed E-state index contributed by atoms with van der Waals surface area (Å²) in [5, 5.41) is 0.193. The highest BCUT2D eigenvalue weighted by Gasteiger charge is 2.32. The van der Waals surface area contributed by atoms with Gasteiger partial charge in [-0.15, -0.1) is 0 Å². The van der Waals surface area contributed by atoms with Crippen LogP contribution in [0.5, 0.6) is 0 Å². The maximum atomic E-state index is 14.7. The molecule has 0 spiro atoms. The van der Waals surface area contributed by atoms with Crippen LogP contribution in [0.3, 0.4) is 0 Å². The molecule has 1 saturated heterocycles. The molecule has 2 fully saturated rings. The number of anilines is 1. The lowest BCUT2D eigenvalue weighted by atomic mass is 10.0. The minimum atomic E-state index is -0.564. The van der Waals surface area contributed by atoms with Gasteiger partial charge in [-0.3, -0.25) is 14.3 Å². The molecule has 1 aliphatic carbocycles. The Kier molecular flexibility index (Phi) is 4.04. The number of H-pyrrole nitrogens is 1. The molecular weight excluding hydrogens is 337 g/mol. The smallest absolute Gasteiger partial charge is 0.329 e. The zero-order valence-electron chi connectivity index (χ0n) is 14.2. The van der Waals surface area contributed by atoms with E-state index in [1.807, 2.05) is 4.90 Å². The van der Waals surface area contributed by atoms with E-state index in [9.17, 15) is 14.0 Å². The van der Waals surface area contributed by atoms with Crippen molar-refractivity contribution >= 4 is 16.6 Å². The molecule has 0 amide bonds. The molecule has 1 aliphatic heterocycles. The average Bonchev–Trinajstić information content (AvgIpc) is 3.30. The molecule has 1 aromatic carbocycles. The minimum Gasteiger partial charge on any atom is -0.369 e. The van der Waals surface area contributed by atoms with Crippen LogP contribution >= 0.6 is 0 Å². The molecule has 2 unspecified atom stereocenters. The van der Waals surface area contributed by atoms with Crippen LogP contribution in [0.25, 0.3) is 15.7 Å². The van der Waals surface area contributed by atoms with Gasteiger partial charge in [0.05, 0.1) is 22.6 Å². The van der Waals surface area contributed by atoms with E-state index < -0.39 is 17.1 Å². The van der Waals surface area contributed by atoms with Gasteiger partial charge in [-0.2, -0.15) is 0 Å². The Hall–Kier alpha value is -2.66. The third-order valence-corrected chi connectivity index (χ3v) is 5.39. The predicted octanol–water partition coefficient (Wildman–Crippen LogP) is 1.24. The summed E-state index contributed by atoms with van der Waals surface area (Å²) >= 11 is 0. The highest BCUT2D eigenvalue weighted by Crippen LogP contribution is 2.37. The van der Waals surface area contributed by atoms with Crippen molar-refractivity contribution in [2.75, 3.05) is 24.5 Å². The van der Waals surface area contributed by atoms with E-state index in [0.29, 0.717) is 24.3 Å². The molecule has 7 nitrogen and oxygen atoms in total. The number of nitrogens with one attached hydrogen (secondary N) is 1. The summed E-state index contributed by atoms with van der Waals surface area (Å²) in [6.45, 7) is 8.41. The Labute approximate surface area is 149 Å². The molecule has 136 valence electrons. The summed E-state index contributed by atoms with van der Waals surface area (Å²) in [5.41, 5.74) is 5.90. The highest BCUT2D eigenvalue weighted by molar-refractivity contribution is 5.82. The zero-order valence-corrected chi connectivity index (χ0v) is 14.2. The summed E-state index contributed by atoms with van der Waals surface area (Å²) in [7, 11) is 0. The normalized spacial score (nSPS) is 21.1. The van der Waals surface area contributed by atoms with Gasteiger partial charge in [0.15, 0.2) is 0 Å². The summed E-state index contributed by atoms with van der Waals surface area (Å²) < 4.78 is 16.3. The average molecular weight is 357 g/mol. The molecular formula is C18H20FN5O2. The number of hydrogen-bond acceptors (Lipinski definition) is 4. The maximum absolute atomic E-state index is 14.7. The van der Waals surface area contributed by atoms with E-state index in [4.69, 9.17) is 12.3 Å². The van der Waals surface area contributed by atoms with Crippen LogP contribution in [-0.2, 0) is 0 Å². The third-order valence-electron chi connectivity index (χ3n) is 5.39.